The lowest BCUT2D eigenvalue weighted by Crippen LogP contribution is -2.05. The van der Waals surface area contributed by atoms with Gasteiger partial charge in [0.15, 0.2) is 0 Å². The van der Waals surface area contributed by atoms with Crippen LogP contribution in [0.4, 0.5) is 0 Å². The molecule has 0 aliphatic carbocycles. The first-order valence-corrected chi connectivity index (χ1v) is 4.99. The highest BCUT2D eigenvalue weighted by Crippen LogP contribution is 1.94. The summed E-state index contributed by atoms with van der Waals surface area (Å²) < 4.78 is 33.5. The molecule has 0 rings (SSSR count). The predicted molar refractivity (Wildman–Crippen MR) is 41.8 cm³/mol. The minimum absolute atomic E-state index is 0.187. The van der Waals surface area contributed by atoms with Crippen molar-refractivity contribution < 1.29 is 17.7 Å². The fraction of sp³-hybridized carbons (Fsp3) is 0.833. The van der Waals surface area contributed by atoms with E-state index in [1.54, 1.807) is 0 Å². The second-order valence-electron chi connectivity index (χ2n) is 2.11. The van der Waals surface area contributed by atoms with Gasteiger partial charge in [-0.05, 0) is 19.8 Å². The van der Waals surface area contributed by atoms with E-state index in [9.17, 15) is 8.42 Å². The maximum absolute atomic E-state index is 10.2. The third-order valence-corrected chi connectivity index (χ3v) is 1.89. The fourth-order valence-electron chi connectivity index (χ4n) is 0.591. The molecule has 0 heterocycles. The summed E-state index contributed by atoms with van der Waals surface area (Å²) >= 11 is 0. The molecule has 1 N–H and O–H groups in total. The molecule has 0 aromatic heterocycles. The Balaban J connectivity index is 3.16. The van der Waals surface area contributed by atoms with Gasteiger partial charge in [0, 0.05) is 13.2 Å². The molecule has 0 amide bonds. The van der Waals surface area contributed by atoms with Gasteiger partial charge in [-0.2, -0.15) is 8.42 Å². The van der Waals surface area contributed by atoms with Crippen LogP contribution in [0.15, 0.2) is 0 Å². The second-order valence-corrected chi connectivity index (χ2v) is 3.68. The van der Waals surface area contributed by atoms with E-state index in [0.29, 0.717) is 26.1 Å². The van der Waals surface area contributed by atoms with Crippen molar-refractivity contribution in [3.05, 3.63) is 6.92 Å². The molecule has 4 nitrogen and oxygen atoms in total. The summed E-state index contributed by atoms with van der Waals surface area (Å²) in [6, 6.07) is 0. The molecule has 67 valence electrons. The third kappa shape index (κ3) is 9.87. The molecule has 0 aromatic rings. The van der Waals surface area contributed by atoms with Gasteiger partial charge in [0.05, 0.1) is 5.75 Å². The summed E-state index contributed by atoms with van der Waals surface area (Å²) in [5.41, 5.74) is 0. The van der Waals surface area contributed by atoms with Crippen LogP contribution in [0, 0.1) is 6.92 Å². The van der Waals surface area contributed by atoms with Crippen molar-refractivity contribution >= 4 is 10.1 Å². The van der Waals surface area contributed by atoms with E-state index in [0.717, 1.165) is 0 Å². The highest BCUT2D eigenvalue weighted by Gasteiger charge is 2.02. The quantitative estimate of drug-likeness (QED) is 0.479. The minimum Gasteiger partial charge on any atom is -0.381 e. The summed E-state index contributed by atoms with van der Waals surface area (Å²) in [5.74, 6) is -0.187. The minimum atomic E-state index is -3.78. The van der Waals surface area contributed by atoms with E-state index in [4.69, 9.17) is 9.29 Å². The first-order chi connectivity index (χ1) is 5.06. The Bertz CT molecular complexity index is 173. The van der Waals surface area contributed by atoms with Crippen LogP contribution >= 0.6 is 0 Å². The molecule has 0 atom stereocenters. The first kappa shape index (κ1) is 10.9. The van der Waals surface area contributed by atoms with Crippen LogP contribution in [0.2, 0.25) is 0 Å². The Hall–Kier alpha value is -0.130. The van der Waals surface area contributed by atoms with Crippen LogP contribution < -0.4 is 0 Å². The molecule has 1 radical (unpaired) electrons. The summed E-state index contributed by atoms with van der Waals surface area (Å²) in [6.07, 6.45) is 1.06. The standard InChI is InChI=1S/C6H13O4S/c1-2-10-5-3-4-6-11(7,8)9/h1-6H2,(H,7,8,9). The molecule has 0 fully saturated rings. The van der Waals surface area contributed by atoms with Crippen molar-refractivity contribution in [2.75, 3.05) is 19.0 Å². The predicted octanol–water partition coefficient (Wildman–Crippen LogP) is 0.505. The maximum Gasteiger partial charge on any atom is 0.264 e. The van der Waals surface area contributed by atoms with Crippen molar-refractivity contribution in [1.29, 1.82) is 0 Å². The topological polar surface area (TPSA) is 63.6 Å². The van der Waals surface area contributed by atoms with E-state index in [2.05, 4.69) is 6.92 Å². The number of hydrogen-bond acceptors (Lipinski definition) is 3. The van der Waals surface area contributed by atoms with Gasteiger partial charge in [-0.25, -0.2) is 0 Å². The Kier molecular flexibility index (Phi) is 5.45. The van der Waals surface area contributed by atoms with Gasteiger partial charge in [-0.15, -0.1) is 0 Å². The Morgan fingerprint density at radius 2 is 2.00 bits per heavy atom. The highest BCUT2D eigenvalue weighted by atomic mass is 32.2. The van der Waals surface area contributed by atoms with Crippen molar-refractivity contribution in [1.82, 2.24) is 0 Å². The SMILES string of the molecule is [CH2]COCCCCS(=O)(=O)O. The van der Waals surface area contributed by atoms with E-state index in [1.807, 2.05) is 0 Å². The summed E-state index contributed by atoms with van der Waals surface area (Å²) in [6.45, 7) is 4.34. The molecule has 5 heteroatoms. The molecule has 0 aliphatic rings. The van der Waals surface area contributed by atoms with Gasteiger partial charge in [-0.3, -0.25) is 4.55 Å². The van der Waals surface area contributed by atoms with Gasteiger partial charge in [0.2, 0.25) is 0 Å². The van der Waals surface area contributed by atoms with Gasteiger partial charge in [0.1, 0.15) is 0 Å². The van der Waals surface area contributed by atoms with Gasteiger partial charge >= 0.3 is 0 Å². The monoisotopic (exact) mass is 181 g/mol. The van der Waals surface area contributed by atoms with Crippen LogP contribution in [0.25, 0.3) is 0 Å². The third-order valence-electron chi connectivity index (χ3n) is 1.09. The van der Waals surface area contributed by atoms with E-state index >= 15 is 0 Å². The van der Waals surface area contributed by atoms with E-state index in [1.165, 1.54) is 0 Å². The molecule has 0 unspecified atom stereocenters. The molecule has 11 heavy (non-hydrogen) atoms. The zero-order valence-electron chi connectivity index (χ0n) is 6.32. The molecule has 0 spiro atoms. The second kappa shape index (κ2) is 5.51. The van der Waals surface area contributed by atoms with Gasteiger partial charge in [0.25, 0.3) is 10.1 Å². The number of rotatable bonds is 6. The maximum atomic E-state index is 10.2. The lowest BCUT2D eigenvalue weighted by molar-refractivity contribution is 0.157. The Labute approximate surface area is 67.3 Å². The molecule has 0 saturated heterocycles. The smallest absolute Gasteiger partial charge is 0.264 e. The van der Waals surface area contributed by atoms with Crippen molar-refractivity contribution in [3.8, 4) is 0 Å². The van der Waals surface area contributed by atoms with Crippen molar-refractivity contribution in [2.24, 2.45) is 0 Å². The first-order valence-electron chi connectivity index (χ1n) is 3.38. The molecular formula is C6H13O4S. The molecule has 0 aromatic carbocycles. The van der Waals surface area contributed by atoms with Crippen LogP contribution in [-0.2, 0) is 14.9 Å². The summed E-state index contributed by atoms with van der Waals surface area (Å²) in [7, 11) is -3.78. The van der Waals surface area contributed by atoms with E-state index in [-0.39, 0.29) is 5.75 Å². The molecule has 0 bridgehead atoms. The zero-order valence-corrected chi connectivity index (χ0v) is 7.14. The summed E-state index contributed by atoms with van der Waals surface area (Å²) in [5, 5.41) is 0. The average Bonchev–Trinajstić information content (AvgIpc) is 1.85. The zero-order chi connectivity index (χ0) is 8.74. The Morgan fingerprint density at radius 3 is 2.45 bits per heavy atom. The van der Waals surface area contributed by atoms with Crippen LogP contribution in [0.5, 0.6) is 0 Å². The number of hydrogen-bond donors (Lipinski definition) is 1. The van der Waals surface area contributed by atoms with Crippen molar-refractivity contribution in [3.63, 3.8) is 0 Å². The molecule has 0 saturated carbocycles. The van der Waals surface area contributed by atoms with Gasteiger partial charge in [-0.1, -0.05) is 0 Å². The number of unbranched alkanes of at least 4 members (excludes halogenated alkanes) is 1. The van der Waals surface area contributed by atoms with E-state index < -0.39 is 10.1 Å². The van der Waals surface area contributed by atoms with Crippen molar-refractivity contribution in [2.45, 2.75) is 12.8 Å². The normalized spacial score (nSPS) is 11.8. The fourth-order valence-corrected chi connectivity index (χ4v) is 1.16. The molecular weight excluding hydrogens is 168 g/mol. The number of ether oxygens (including phenoxy) is 1. The summed E-state index contributed by atoms with van der Waals surface area (Å²) in [4.78, 5) is 0. The lowest BCUT2D eigenvalue weighted by atomic mass is 10.4. The van der Waals surface area contributed by atoms with Crippen LogP contribution in [0.3, 0.4) is 0 Å². The van der Waals surface area contributed by atoms with Gasteiger partial charge < -0.3 is 4.74 Å². The lowest BCUT2D eigenvalue weighted by Gasteiger charge is -1.98. The van der Waals surface area contributed by atoms with Crippen LogP contribution in [-0.4, -0.2) is 31.9 Å². The highest BCUT2D eigenvalue weighted by molar-refractivity contribution is 7.85. The average molecular weight is 181 g/mol. The Morgan fingerprint density at radius 1 is 1.36 bits per heavy atom. The van der Waals surface area contributed by atoms with Crippen LogP contribution in [0.1, 0.15) is 12.8 Å². The largest absolute Gasteiger partial charge is 0.381 e. The molecule has 0 aliphatic heterocycles.